The molecule has 4 heteroatoms. The monoisotopic (exact) mass is 172 g/mol. The molecule has 0 aromatic carbocycles. The van der Waals surface area contributed by atoms with Crippen LogP contribution in [-0.4, -0.2) is 4.98 Å². The molecule has 0 fully saturated rings. The summed E-state index contributed by atoms with van der Waals surface area (Å²) < 4.78 is 0. The molecule has 0 aliphatic heterocycles. The SMILES string of the molecule is CCc1[nH]c(=O)c(N)cc1Cl. The fourth-order valence-corrected chi connectivity index (χ4v) is 1.11. The third-order valence-corrected chi connectivity index (χ3v) is 1.79. The topological polar surface area (TPSA) is 58.9 Å². The molecule has 0 radical (unpaired) electrons. The number of H-pyrrole nitrogens is 1. The van der Waals surface area contributed by atoms with Crippen molar-refractivity contribution in [1.29, 1.82) is 0 Å². The smallest absolute Gasteiger partial charge is 0.271 e. The average molecular weight is 173 g/mol. The molecule has 0 spiro atoms. The maximum absolute atomic E-state index is 10.9. The lowest BCUT2D eigenvalue weighted by Gasteiger charge is -2.00. The maximum Gasteiger partial charge on any atom is 0.271 e. The molecule has 1 heterocycles. The molecule has 11 heavy (non-hydrogen) atoms. The van der Waals surface area contributed by atoms with E-state index in [0.29, 0.717) is 11.4 Å². The van der Waals surface area contributed by atoms with Gasteiger partial charge in [0, 0.05) is 5.69 Å². The van der Waals surface area contributed by atoms with Gasteiger partial charge in [-0.2, -0.15) is 0 Å². The second-order valence-corrected chi connectivity index (χ2v) is 2.64. The molecule has 0 saturated heterocycles. The molecule has 0 bridgehead atoms. The van der Waals surface area contributed by atoms with Crippen LogP contribution in [-0.2, 0) is 6.42 Å². The zero-order valence-electron chi connectivity index (χ0n) is 6.15. The van der Waals surface area contributed by atoms with Crippen molar-refractivity contribution in [3.63, 3.8) is 0 Å². The number of aromatic amines is 1. The Morgan fingerprint density at radius 3 is 2.91 bits per heavy atom. The van der Waals surface area contributed by atoms with Crippen molar-refractivity contribution in [3.8, 4) is 0 Å². The van der Waals surface area contributed by atoms with E-state index in [4.69, 9.17) is 17.3 Å². The van der Waals surface area contributed by atoms with E-state index in [2.05, 4.69) is 4.98 Å². The van der Waals surface area contributed by atoms with Crippen molar-refractivity contribution < 1.29 is 0 Å². The van der Waals surface area contributed by atoms with Crippen LogP contribution in [0.25, 0.3) is 0 Å². The Balaban J connectivity index is 3.32. The van der Waals surface area contributed by atoms with Crippen LogP contribution in [0.3, 0.4) is 0 Å². The quantitative estimate of drug-likeness (QED) is 0.668. The Labute approximate surface area is 69.2 Å². The number of rotatable bonds is 1. The second-order valence-electron chi connectivity index (χ2n) is 2.23. The zero-order chi connectivity index (χ0) is 8.43. The van der Waals surface area contributed by atoms with E-state index in [1.165, 1.54) is 6.07 Å². The number of nitrogens with two attached hydrogens (primary N) is 1. The van der Waals surface area contributed by atoms with E-state index < -0.39 is 0 Å². The van der Waals surface area contributed by atoms with Gasteiger partial charge in [-0.15, -0.1) is 0 Å². The number of aromatic nitrogens is 1. The minimum atomic E-state index is -0.272. The predicted octanol–water partition coefficient (Wildman–Crippen LogP) is 1.17. The van der Waals surface area contributed by atoms with Gasteiger partial charge in [0.05, 0.1) is 10.7 Å². The molecule has 60 valence electrons. The number of aryl methyl sites for hydroxylation is 1. The predicted molar refractivity (Wildman–Crippen MR) is 45.9 cm³/mol. The summed E-state index contributed by atoms with van der Waals surface area (Å²) in [6.45, 7) is 1.91. The van der Waals surface area contributed by atoms with E-state index in [-0.39, 0.29) is 11.2 Å². The second kappa shape index (κ2) is 2.96. The molecular formula is C7H9ClN2O. The molecule has 0 aliphatic carbocycles. The third kappa shape index (κ3) is 1.54. The van der Waals surface area contributed by atoms with Gasteiger partial charge in [-0.1, -0.05) is 18.5 Å². The number of hydrogen-bond acceptors (Lipinski definition) is 2. The first-order chi connectivity index (χ1) is 5.15. The van der Waals surface area contributed by atoms with Gasteiger partial charge in [0.25, 0.3) is 5.56 Å². The molecule has 0 saturated carbocycles. The third-order valence-electron chi connectivity index (χ3n) is 1.45. The summed E-state index contributed by atoms with van der Waals surface area (Å²) in [4.78, 5) is 13.5. The lowest BCUT2D eigenvalue weighted by molar-refractivity contribution is 1.01. The first-order valence-electron chi connectivity index (χ1n) is 3.32. The summed E-state index contributed by atoms with van der Waals surface area (Å²) >= 11 is 5.75. The zero-order valence-corrected chi connectivity index (χ0v) is 6.90. The van der Waals surface area contributed by atoms with Crippen LogP contribution in [0.4, 0.5) is 5.69 Å². The highest BCUT2D eigenvalue weighted by molar-refractivity contribution is 6.31. The molecule has 0 aliphatic rings. The molecule has 3 nitrogen and oxygen atoms in total. The van der Waals surface area contributed by atoms with Gasteiger partial charge in [0.1, 0.15) is 0 Å². The van der Waals surface area contributed by atoms with E-state index in [9.17, 15) is 4.79 Å². The minimum absolute atomic E-state index is 0.159. The summed E-state index contributed by atoms with van der Waals surface area (Å²) in [5.74, 6) is 0. The van der Waals surface area contributed by atoms with Crippen LogP contribution in [0.15, 0.2) is 10.9 Å². The highest BCUT2D eigenvalue weighted by Crippen LogP contribution is 2.13. The molecule has 1 aromatic heterocycles. The molecule has 1 rings (SSSR count). The molecule has 0 atom stereocenters. The summed E-state index contributed by atoms with van der Waals surface area (Å²) in [6, 6.07) is 1.47. The standard InChI is InChI=1S/C7H9ClN2O/c1-2-6-4(8)3-5(9)7(11)10-6/h3H,2,9H2,1H3,(H,10,11). The van der Waals surface area contributed by atoms with Crippen molar-refractivity contribution in [2.45, 2.75) is 13.3 Å². The van der Waals surface area contributed by atoms with Crippen molar-refractivity contribution in [1.82, 2.24) is 4.98 Å². The largest absolute Gasteiger partial charge is 0.394 e. The number of nitrogen functional groups attached to an aromatic ring is 1. The van der Waals surface area contributed by atoms with Crippen molar-refractivity contribution >= 4 is 17.3 Å². The van der Waals surface area contributed by atoms with Crippen LogP contribution in [0.5, 0.6) is 0 Å². The van der Waals surface area contributed by atoms with Crippen LogP contribution in [0, 0.1) is 0 Å². The van der Waals surface area contributed by atoms with Gasteiger partial charge in [-0.25, -0.2) is 0 Å². The Kier molecular flexibility index (Phi) is 2.19. The number of hydrogen-bond donors (Lipinski definition) is 2. The Morgan fingerprint density at radius 2 is 2.36 bits per heavy atom. The highest BCUT2D eigenvalue weighted by Gasteiger charge is 2.01. The lowest BCUT2D eigenvalue weighted by Crippen LogP contribution is -2.13. The number of anilines is 1. The Morgan fingerprint density at radius 1 is 1.73 bits per heavy atom. The fraction of sp³-hybridized carbons (Fsp3) is 0.286. The van der Waals surface area contributed by atoms with Gasteiger partial charge in [-0.3, -0.25) is 4.79 Å². The molecule has 1 aromatic rings. The van der Waals surface area contributed by atoms with Crippen LogP contribution in [0.2, 0.25) is 5.02 Å². The summed E-state index contributed by atoms with van der Waals surface area (Å²) in [7, 11) is 0. The van der Waals surface area contributed by atoms with Gasteiger partial charge >= 0.3 is 0 Å². The van der Waals surface area contributed by atoms with Crippen LogP contribution >= 0.6 is 11.6 Å². The number of pyridine rings is 1. The van der Waals surface area contributed by atoms with E-state index in [1.807, 2.05) is 6.92 Å². The molecule has 0 unspecified atom stereocenters. The van der Waals surface area contributed by atoms with Crippen molar-refractivity contribution in [2.75, 3.05) is 5.73 Å². The van der Waals surface area contributed by atoms with Gasteiger partial charge in [0.2, 0.25) is 0 Å². The normalized spacial score (nSPS) is 10.0. The van der Waals surface area contributed by atoms with E-state index >= 15 is 0 Å². The van der Waals surface area contributed by atoms with Crippen LogP contribution < -0.4 is 11.3 Å². The average Bonchev–Trinajstić information content (AvgIpc) is 1.97. The van der Waals surface area contributed by atoms with Gasteiger partial charge < -0.3 is 10.7 Å². The van der Waals surface area contributed by atoms with Gasteiger partial charge in [-0.05, 0) is 12.5 Å². The van der Waals surface area contributed by atoms with Crippen LogP contribution in [0.1, 0.15) is 12.6 Å². The van der Waals surface area contributed by atoms with Crippen molar-refractivity contribution in [3.05, 3.63) is 27.1 Å². The molecule has 3 N–H and O–H groups in total. The number of nitrogens with one attached hydrogen (secondary N) is 1. The molecule has 0 amide bonds. The maximum atomic E-state index is 10.9. The number of halogens is 1. The van der Waals surface area contributed by atoms with Gasteiger partial charge in [0.15, 0.2) is 0 Å². The fourth-order valence-electron chi connectivity index (χ4n) is 0.815. The minimum Gasteiger partial charge on any atom is -0.394 e. The summed E-state index contributed by atoms with van der Waals surface area (Å²) in [6.07, 6.45) is 0.703. The highest BCUT2D eigenvalue weighted by atomic mass is 35.5. The van der Waals surface area contributed by atoms with Crippen molar-refractivity contribution in [2.24, 2.45) is 0 Å². The molecular weight excluding hydrogens is 164 g/mol. The Bertz CT molecular complexity index is 319. The van der Waals surface area contributed by atoms with E-state index in [0.717, 1.165) is 5.69 Å². The summed E-state index contributed by atoms with van der Waals surface area (Å²) in [5.41, 5.74) is 5.93. The Hall–Kier alpha value is -0.960. The van der Waals surface area contributed by atoms with E-state index in [1.54, 1.807) is 0 Å². The first-order valence-corrected chi connectivity index (χ1v) is 3.70. The first kappa shape index (κ1) is 8.14. The summed E-state index contributed by atoms with van der Waals surface area (Å²) in [5, 5.41) is 0.518. The lowest BCUT2D eigenvalue weighted by atomic mass is 10.3.